The molecule has 154 valence electrons. The number of benzene rings is 1. The quantitative estimate of drug-likeness (QED) is 0.437. The van der Waals surface area contributed by atoms with Gasteiger partial charge < -0.3 is 5.21 Å². The molecule has 0 aliphatic carbocycles. The lowest BCUT2D eigenvalue weighted by molar-refractivity contribution is -0.621. The van der Waals surface area contributed by atoms with Crippen molar-refractivity contribution in [2.24, 2.45) is 13.0 Å². The number of hydrogen-bond acceptors (Lipinski definition) is 4. The summed E-state index contributed by atoms with van der Waals surface area (Å²) in [7, 11) is 4.01. The number of hydrogen-bond donors (Lipinski definition) is 0. The molecule has 1 aromatic carbocycles. The van der Waals surface area contributed by atoms with E-state index in [1.54, 1.807) is 20.9 Å². The second-order valence-corrected chi connectivity index (χ2v) is 7.09. The fraction of sp³-hybridized carbons (Fsp3) is 0.368. The molecule has 0 bridgehead atoms. The maximum atomic E-state index is 14.0. The smallest absolute Gasteiger partial charge is 0.332 e. The van der Waals surface area contributed by atoms with Crippen molar-refractivity contribution in [2.75, 3.05) is 14.1 Å². The molecule has 8 nitrogen and oxygen atoms in total. The lowest BCUT2D eigenvalue weighted by Gasteiger charge is -2.35. The van der Waals surface area contributed by atoms with Gasteiger partial charge in [0.05, 0.1) is 7.05 Å². The van der Waals surface area contributed by atoms with Crippen LogP contribution in [0.2, 0.25) is 0 Å². The molecule has 0 saturated carbocycles. The van der Waals surface area contributed by atoms with Crippen LogP contribution < -0.4 is 4.73 Å². The summed E-state index contributed by atoms with van der Waals surface area (Å²) in [5, 5.41) is 12.9. The van der Waals surface area contributed by atoms with Crippen molar-refractivity contribution in [3.05, 3.63) is 57.8 Å². The Kier molecular flexibility index (Phi) is 4.89. The Morgan fingerprint density at radius 2 is 1.55 bits per heavy atom. The molecule has 1 aliphatic rings. The number of amides is 4. The Balaban J connectivity index is 2.31. The molecule has 2 aromatic rings. The van der Waals surface area contributed by atoms with Gasteiger partial charge in [-0.25, -0.2) is 22.9 Å². The minimum absolute atomic E-state index is 0.00820. The van der Waals surface area contributed by atoms with Crippen LogP contribution in [0.3, 0.4) is 0 Å². The molecule has 1 fully saturated rings. The highest BCUT2D eigenvalue weighted by molar-refractivity contribution is 6.16. The predicted molar refractivity (Wildman–Crippen MR) is 96.5 cm³/mol. The maximum absolute atomic E-state index is 14.0. The molecule has 2 heterocycles. The van der Waals surface area contributed by atoms with Gasteiger partial charge in [0.25, 0.3) is 5.82 Å². The monoisotopic (exact) mass is 406 g/mol. The minimum Gasteiger partial charge on any atom is -0.711 e. The average Bonchev–Trinajstić information content (AvgIpc) is 2.87. The number of aromatic nitrogens is 2. The van der Waals surface area contributed by atoms with Crippen molar-refractivity contribution in [1.82, 2.24) is 14.4 Å². The summed E-state index contributed by atoms with van der Waals surface area (Å²) in [5.41, 5.74) is 0.983. The van der Waals surface area contributed by atoms with Crippen LogP contribution in [0.1, 0.15) is 28.7 Å². The molecular weight excluding hydrogens is 386 g/mol. The molecule has 10 heteroatoms. The van der Waals surface area contributed by atoms with Gasteiger partial charge in [-0.15, -0.1) is 0 Å². The lowest BCUT2D eigenvalue weighted by Crippen LogP contribution is -2.59. The summed E-state index contributed by atoms with van der Waals surface area (Å²) in [6, 6.07) is 2.13. The summed E-state index contributed by atoms with van der Waals surface area (Å²) in [6.07, 6.45) is 0. The highest BCUT2D eigenvalue weighted by Crippen LogP contribution is 2.36. The number of carbonyl (C=O) groups is 3. The molecule has 0 radical (unpaired) electrons. The van der Waals surface area contributed by atoms with E-state index < -0.39 is 41.3 Å². The molecule has 1 atom stereocenters. The molecular formula is C19H20F2N4O4. The largest absolute Gasteiger partial charge is 0.711 e. The number of rotatable bonds is 3. The SMILES string of the molecule is Cc1c(C)[n+]([O-])c(C(c2ccc(F)c(F)c2)C2C(=O)N(C)C(=O)N(C)C2=O)n1C. The fourth-order valence-corrected chi connectivity index (χ4v) is 3.62. The lowest BCUT2D eigenvalue weighted by atomic mass is 9.82. The van der Waals surface area contributed by atoms with Gasteiger partial charge in [-0.2, -0.15) is 0 Å². The van der Waals surface area contributed by atoms with E-state index in [0.29, 0.717) is 16.1 Å². The second kappa shape index (κ2) is 6.94. The van der Waals surface area contributed by atoms with Crippen LogP contribution in [0.5, 0.6) is 0 Å². The number of barbiturate groups is 1. The number of imidazole rings is 1. The molecule has 1 aromatic heterocycles. The normalized spacial score (nSPS) is 16.7. The summed E-state index contributed by atoms with van der Waals surface area (Å²) < 4.78 is 29.6. The highest BCUT2D eigenvalue weighted by atomic mass is 19.2. The molecule has 1 saturated heterocycles. The third-order valence-electron chi connectivity index (χ3n) is 5.56. The van der Waals surface area contributed by atoms with Crippen LogP contribution in [0.4, 0.5) is 13.6 Å². The van der Waals surface area contributed by atoms with E-state index >= 15 is 0 Å². The Labute approximate surface area is 165 Å². The third-order valence-corrected chi connectivity index (χ3v) is 5.56. The van der Waals surface area contributed by atoms with Crippen LogP contribution in [0.25, 0.3) is 0 Å². The van der Waals surface area contributed by atoms with Crippen molar-refractivity contribution in [3.8, 4) is 0 Å². The van der Waals surface area contributed by atoms with E-state index in [4.69, 9.17) is 0 Å². The number of carbonyl (C=O) groups excluding carboxylic acids is 3. The molecule has 1 aliphatic heterocycles. The molecule has 1 unspecified atom stereocenters. The number of halogens is 2. The Morgan fingerprint density at radius 1 is 1.00 bits per heavy atom. The first kappa shape index (κ1) is 20.4. The number of imide groups is 2. The van der Waals surface area contributed by atoms with E-state index in [1.807, 2.05) is 0 Å². The van der Waals surface area contributed by atoms with Gasteiger partial charge in [0, 0.05) is 27.9 Å². The van der Waals surface area contributed by atoms with Crippen molar-refractivity contribution in [3.63, 3.8) is 0 Å². The summed E-state index contributed by atoms with van der Waals surface area (Å²) in [4.78, 5) is 39.5. The van der Waals surface area contributed by atoms with Crippen LogP contribution in [0.15, 0.2) is 18.2 Å². The van der Waals surface area contributed by atoms with Crippen LogP contribution in [-0.4, -0.2) is 46.3 Å². The minimum atomic E-state index is -1.50. The van der Waals surface area contributed by atoms with Crippen LogP contribution >= 0.6 is 0 Å². The third kappa shape index (κ3) is 2.95. The maximum Gasteiger partial charge on any atom is 0.332 e. The standard InChI is InChI=1S/C19H20F2N4O4/c1-9-10(2)25(29)16(22(9)3)14(11-6-7-12(20)13(21)8-11)15-17(26)23(4)19(28)24(5)18(15)27/h6-8,14-15H,1-5H3. The first-order valence-corrected chi connectivity index (χ1v) is 8.78. The zero-order chi connectivity index (χ0) is 21.8. The fourth-order valence-electron chi connectivity index (χ4n) is 3.62. The van der Waals surface area contributed by atoms with Crippen molar-refractivity contribution >= 4 is 17.8 Å². The molecule has 4 amide bonds. The summed E-state index contributed by atoms with van der Waals surface area (Å²) in [6.45, 7) is 3.25. The van der Waals surface area contributed by atoms with E-state index in [0.717, 1.165) is 21.9 Å². The van der Waals surface area contributed by atoms with Gasteiger partial charge in [0.15, 0.2) is 11.6 Å². The van der Waals surface area contributed by atoms with E-state index in [-0.39, 0.29) is 11.4 Å². The van der Waals surface area contributed by atoms with Crippen molar-refractivity contribution in [2.45, 2.75) is 19.8 Å². The van der Waals surface area contributed by atoms with E-state index in [2.05, 4.69) is 0 Å². The highest BCUT2D eigenvalue weighted by Gasteiger charge is 2.51. The van der Waals surface area contributed by atoms with E-state index in [1.165, 1.54) is 24.7 Å². The van der Waals surface area contributed by atoms with Crippen LogP contribution in [-0.2, 0) is 16.6 Å². The average molecular weight is 406 g/mol. The molecule has 29 heavy (non-hydrogen) atoms. The molecule has 0 N–H and O–H groups in total. The number of nitrogens with zero attached hydrogens (tertiary/aromatic N) is 4. The summed E-state index contributed by atoms with van der Waals surface area (Å²) in [5.74, 6) is -6.67. The van der Waals surface area contributed by atoms with Crippen LogP contribution in [0, 0.1) is 36.6 Å². The Hall–Kier alpha value is -3.30. The summed E-state index contributed by atoms with van der Waals surface area (Å²) >= 11 is 0. The molecule has 0 spiro atoms. The first-order valence-electron chi connectivity index (χ1n) is 8.78. The Morgan fingerprint density at radius 3 is 2.00 bits per heavy atom. The van der Waals surface area contributed by atoms with Gasteiger partial charge in [-0.1, -0.05) is 6.07 Å². The number of urea groups is 1. The first-order chi connectivity index (χ1) is 13.5. The van der Waals surface area contributed by atoms with Crippen molar-refractivity contribution in [1.29, 1.82) is 0 Å². The second-order valence-electron chi connectivity index (χ2n) is 7.09. The van der Waals surface area contributed by atoms with Gasteiger partial charge in [0.2, 0.25) is 11.8 Å². The van der Waals surface area contributed by atoms with Gasteiger partial charge in [-0.05, 0) is 17.7 Å². The van der Waals surface area contributed by atoms with Gasteiger partial charge in [-0.3, -0.25) is 19.4 Å². The topological polar surface area (TPSA) is 89.6 Å². The molecule has 3 rings (SSSR count). The predicted octanol–water partition coefficient (Wildman–Crippen LogP) is 1.35. The zero-order valence-corrected chi connectivity index (χ0v) is 16.6. The van der Waals surface area contributed by atoms with Crippen molar-refractivity contribution < 1.29 is 27.9 Å². The van der Waals surface area contributed by atoms with Gasteiger partial charge in [0.1, 0.15) is 23.2 Å². The Bertz CT molecular complexity index is 1000. The zero-order valence-electron chi connectivity index (χ0n) is 16.6. The van der Waals surface area contributed by atoms with Gasteiger partial charge >= 0.3 is 6.03 Å². The van der Waals surface area contributed by atoms with E-state index in [9.17, 15) is 28.4 Å².